The van der Waals surface area contributed by atoms with Gasteiger partial charge in [0.25, 0.3) is 6.43 Å². The van der Waals surface area contributed by atoms with Gasteiger partial charge in [0, 0.05) is 5.56 Å². The van der Waals surface area contributed by atoms with Crippen molar-refractivity contribution >= 4 is 17.6 Å². The van der Waals surface area contributed by atoms with Gasteiger partial charge in [-0.15, -0.1) is 0 Å². The number of aliphatic carboxylic acids is 1. The molecule has 0 saturated carbocycles. The summed E-state index contributed by atoms with van der Waals surface area (Å²) in [6.07, 6.45) is -3.22. The summed E-state index contributed by atoms with van der Waals surface area (Å²) in [5.41, 5.74) is -0.461. The molecule has 0 saturated heterocycles. The average Bonchev–Trinajstić information content (AvgIpc) is 2.19. The van der Waals surface area contributed by atoms with E-state index in [4.69, 9.17) is 16.7 Å². The summed E-state index contributed by atoms with van der Waals surface area (Å²) in [5.74, 6) is -1.30. The summed E-state index contributed by atoms with van der Waals surface area (Å²) < 4.78 is 29.6. The van der Waals surface area contributed by atoms with E-state index in [1.54, 1.807) is 0 Å². The molecule has 1 rings (SSSR count). The fraction of sp³-hybridized carbons (Fsp3) is 0.333. The quantitative estimate of drug-likeness (QED) is 0.834. The van der Waals surface area contributed by atoms with Crippen molar-refractivity contribution in [3.63, 3.8) is 0 Å². The highest BCUT2D eigenvalue weighted by Crippen LogP contribution is 2.30. The highest BCUT2D eigenvalue weighted by molar-refractivity contribution is 6.30. The van der Waals surface area contributed by atoms with Crippen LogP contribution in [-0.2, 0) is 11.2 Å². The third-order valence-corrected chi connectivity index (χ3v) is 2.14. The number of carbonyl (C=O) groups is 1. The molecule has 0 aliphatic heterocycles. The highest BCUT2D eigenvalue weighted by atomic mass is 35.5. The molecule has 4 nitrogen and oxygen atoms in total. The zero-order valence-electron chi connectivity index (χ0n) is 8.21. The Morgan fingerprint density at radius 3 is 2.75 bits per heavy atom. The fourth-order valence-corrected chi connectivity index (χ4v) is 1.34. The molecule has 0 aromatic carbocycles. The molecule has 0 fully saturated rings. The first-order valence-corrected chi connectivity index (χ1v) is 4.56. The molecule has 1 heterocycles. The number of carboxylic acid groups (broad SMARTS) is 1. The smallest absolute Gasteiger partial charge is 0.307 e. The zero-order valence-corrected chi connectivity index (χ0v) is 8.96. The molecule has 7 heteroatoms. The van der Waals surface area contributed by atoms with E-state index in [0.29, 0.717) is 0 Å². The van der Waals surface area contributed by atoms with E-state index in [0.717, 1.165) is 6.07 Å². The lowest BCUT2D eigenvalue weighted by molar-refractivity contribution is -0.136. The van der Waals surface area contributed by atoms with Crippen molar-refractivity contribution in [3.05, 3.63) is 22.5 Å². The largest absolute Gasteiger partial charge is 0.495 e. The lowest BCUT2D eigenvalue weighted by Gasteiger charge is -2.09. The van der Waals surface area contributed by atoms with Crippen molar-refractivity contribution in [2.45, 2.75) is 12.8 Å². The van der Waals surface area contributed by atoms with Crippen molar-refractivity contribution < 1.29 is 23.4 Å². The summed E-state index contributed by atoms with van der Waals surface area (Å²) >= 11 is 5.58. The Bertz CT molecular complexity index is 412. The molecule has 1 N–H and O–H groups in total. The van der Waals surface area contributed by atoms with Gasteiger partial charge in [-0.2, -0.15) is 0 Å². The molecule has 1 aromatic rings. The first-order valence-electron chi connectivity index (χ1n) is 4.19. The number of nitrogens with zero attached hydrogens (tertiary/aromatic N) is 1. The zero-order chi connectivity index (χ0) is 12.3. The average molecular weight is 252 g/mol. The van der Waals surface area contributed by atoms with Gasteiger partial charge in [0.1, 0.15) is 16.6 Å². The topological polar surface area (TPSA) is 59.4 Å². The van der Waals surface area contributed by atoms with Crippen LogP contribution in [0.5, 0.6) is 5.75 Å². The molecule has 0 bridgehead atoms. The number of carboxylic acids is 1. The third-order valence-electron chi connectivity index (χ3n) is 1.81. The second-order valence-electron chi connectivity index (χ2n) is 2.90. The minimum atomic E-state index is -2.83. The van der Waals surface area contributed by atoms with Crippen LogP contribution < -0.4 is 4.74 Å². The van der Waals surface area contributed by atoms with Crippen LogP contribution in [0.3, 0.4) is 0 Å². The van der Waals surface area contributed by atoms with Gasteiger partial charge < -0.3 is 9.84 Å². The lowest BCUT2D eigenvalue weighted by Crippen LogP contribution is -2.05. The second kappa shape index (κ2) is 5.07. The van der Waals surface area contributed by atoms with Gasteiger partial charge in [0.2, 0.25) is 0 Å². The Morgan fingerprint density at radius 1 is 1.69 bits per heavy atom. The Hall–Kier alpha value is -1.43. The molecule has 0 aliphatic rings. The monoisotopic (exact) mass is 251 g/mol. The minimum Gasteiger partial charge on any atom is -0.495 e. The van der Waals surface area contributed by atoms with E-state index >= 15 is 0 Å². The number of methoxy groups -OCH3 is 1. The minimum absolute atomic E-state index is 0.135. The van der Waals surface area contributed by atoms with Crippen LogP contribution in [0.2, 0.25) is 5.15 Å². The lowest BCUT2D eigenvalue weighted by atomic mass is 10.2. The number of hydrogen-bond acceptors (Lipinski definition) is 3. The molecule has 16 heavy (non-hydrogen) atoms. The maximum atomic E-state index is 12.5. The summed E-state index contributed by atoms with van der Waals surface area (Å²) in [5, 5.41) is 8.31. The SMILES string of the molecule is COc1cc(CC(=O)O)c(Cl)nc1C(F)F. The molecule has 88 valence electrons. The van der Waals surface area contributed by atoms with Crippen molar-refractivity contribution in [2.75, 3.05) is 7.11 Å². The Labute approximate surface area is 94.8 Å². The Balaban J connectivity index is 3.20. The maximum Gasteiger partial charge on any atom is 0.307 e. The van der Waals surface area contributed by atoms with E-state index in [2.05, 4.69) is 9.72 Å². The fourth-order valence-electron chi connectivity index (χ4n) is 1.13. The summed E-state index contributed by atoms with van der Waals surface area (Å²) in [4.78, 5) is 13.9. The van der Waals surface area contributed by atoms with Gasteiger partial charge >= 0.3 is 5.97 Å². The van der Waals surface area contributed by atoms with Crippen LogP contribution in [0, 0.1) is 0 Å². The van der Waals surface area contributed by atoms with Crippen LogP contribution >= 0.6 is 11.6 Å². The Kier molecular flexibility index (Phi) is 4.00. The first-order chi connectivity index (χ1) is 7.45. The van der Waals surface area contributed by atoms with Crippen molar-refractivity contribution in [3.8, 4) is 5.75 Å². The molecule has 0 aliphatic carbocycles. The maximum absolute atomic E-state index is 12.5. The van der Waals surface area contributed by atoms with Gasteiger partial charge in [-0.05, 0) is 6.07 Å². The number of rotatable bonds is 4. The van der Waals surface area contributed by atoms with Crippen LogP contribution in [0.4, 0.5) is 8.78 Å². The molecule has 0 amide bonds. The van der Waals surface area contributed by atoms with Gasteiger partial charge in [0.15, 0.2) is 0 Å². The summed E-state index contributed by atoms with van der Waals surface area (Å²) in [6, 6.07) is 1.16. The molecule has 0 unspecified atom stereocenters. The highest BCUT2D eigenvalue weighted by Gasteiger charge is 2.19. The number of ether oxygens (including phenoxy) is 1. The van der Waals surface area contributed by atoms with E-state index < -0.39 is 24.5 Å². The standard InChI is InChI=1S/C9H8ClF2NO3/c1-16-5-2-4(3-6(14)15)8(10)13-7(5)9(11)12/h2,9H,3H2,1H3,(H,14,15). The number of hydrogen-bond donors (Lipinski definition) is 1. The first kappa shape index (κ1) is 12.6. The van der Waals surface area contributed by atoms with Crippen LogP contribution in [0.25, 0.3) is 0 Å². The molecule has 0 spiro atoms. The Morgan fingerprint density at radius 2 is 2.31 bits per heavy atom. The van der Waals surface area contributed by atoms with Gasteiger partial charge in [-0.3, -0.25) is 4.79 Å². The molecular formula is C9H8ClF2NO3. The van der Waals surface area contributed by atoms with Gasteiger partial charge in [0.05, 0.1) is 13.5 Å². The normalized spacial score (nSPS) is 10.6. The number of alkyl halides is 2. The number of halogens is 3. The summed E-state index contributed by atoms with van der Waals surface area (Å²) in [6.45, 7) is 0. The van der Waals surface area contributed by atoms with Crippen molar-refractivity contribution in [2.24, 2.45) is 0 Å². The third kappa shape index (κ3) is 2.79. The molecule has 0 atom stereocenters. The van der Waals surface area contributed by atoms with Crippen LogP contribution in [0.1, 0.15) is 17.7 Å². The van der Waals surface area contributed by atoms with E-state index in [9.17, 15) is 13.6 Å². The van der Waals surface area contributed by atoms with Gasteiger partial charge in [-0.1, -0.05) is 11.6 Å². The molecular weight excluding hydrogens is 244 g/mol. The van der Waals surface area contributed by atoms with E-state index in [1.807, 2.05) is 0 Å². The molecule has 0 radical (unpaired) electrons. The van der Waals surface area contributed by atoms with Gasteiger partial charge in [-0.25, -0.2) is 13.8 Å². The van der Waals surface area contributed by atoms with E-state index in [1.165, 1.54) is 7.11 Å². The second-order valence-corrected chi connectivity index (χ2v) is 3.26. The number of aromatic nitrogens is 1. The van der Waals surface area contributed by atoms with E-state index in [-0.39, 0.29) is 16.5 Å². The van der Waals surface area contributed by atoms with Crippen molar-refractivity contribution in [1.82, 2.24) is 4.98 Å². The summed E-state index contributed by atoms with van der Waals surface area (Å²) in [7, 11) is 1.20. The predicted molar refractivity (Wildman–Crippen MR) is 52.1 cm³/mol. The molecule has 1 aromatic heterocycles. The van der Waals surface area contributed by atoms with Crippen molar-refractivity contribution in [1.29, 1.82) is 0 Å². The van der Waals surface area contributed by atoms with Crippen LogP contribution in [-0.4, -0.2) is 23.2 Å². The van der Waals surface area contributed by atoms with Crippen LogP contribution in [0.15, 0.2) is 6.07 Å². The predicted octanol–water partition coefficient (Wildman–Crippen LogP) is 2.31. The number of pyridine rings is 1.